The Hall–Kier alpha value is -3.00. The number of urea groups is 1. The number of benzene rings is 2. The van der Waals surface area contributed by atoms with Crippen LogP contribution in [0.1, 0.15) is 18.4 Å². The molecule has 2 N–H and O–H groups in total. The first-order chi connectivity index (χ1) is 14.0. The third kappa shape index (κ3) is 5.08. The second kappa shape index (κ2) is 9.47. The summed E-state index contributed by atoms with van der Waals surface area (Å²) in [5.74, 6) is 1.42. The van der Waals surface area contributed by atoms with Crippen LogP contribution in [0.15, 0.2) is 52.0 Å². The SMILES string of the molecule is COc1ccc(NC(=O)Nc2ccc(OC)c(C3=C(Br)CCC=NN3C)c2)cc1. The van der Waals surface area contributed by atoms with Crippen LogP contribution < -0.4 is 20.1 Å². The minimum absolute atomic E-state index is 0.341. The van der Waals surface area contributed by atoms with Gasteiger partial charge in [-0.2, -0.15) is 5.10 Å². The highest BCUT2D eigenvalue weighted by Gasteiger charge is 2.19. The molecule has 0 aliphatic carbocycles. The Morgan fingerprint density at radius 3 is 2.45 bits per heavy atom. The molecule has 0 atom stereocenters. The first-order valence-electron chi connectivity index (χ1n) is 9.07. The molecule has 0 unspecified atom stereocenters. The summed E-state index contributed by atoms with van der Waals surface area (Å²) in [6, 6.07) is 12.3. The predicted molar refractivity (Wildman–Crippen MR) is 120 cm³/mol. The number of carbonyl (C=O) groups excluding carboxylic acids is 1. The minimum atomic E-state index is -0.341. The molecule has 1 heterocycles. The summed E-state index contributed by atoms with van der Waals surface area (Å²) in [6.45, 7) is 0. The quantitative estimate of drug-likeness (QED) is 0.651. The van der Waals surface area contributed by atoms with E-state index >= 15 is 0 Å². The number of amides is 2. The molecule has 0 aromatic heterocycles. The molecule has 7 nitrogen and oxygen atoms in total. The number of nitrogens with one attached hydrogen (secondary N) is 2. The number of carbonyl (C=O) groups is 1. The van der Waals surface area contributed by atoms with Crippen molar-refractivity contribution in [2.24, 2.45) is 5.10 Å². The Labute approximate surface area is 178 Å². The molecule has 3 rings (SSSR count). The van der Waals surface area contributed by atoms with E-state index in [1.807, 2.05) is 25.4 Å². The van der Waals surface area contributed by atoms with E-state index in [1.54, 1.807) is 49.6 Å². The summed E-state index contributed by atoms with van der Waals surface area (Å²) in [5.41, 5.74) is 3.04. The van der Waals surface area contributed by atoms with E-state index in [4.69, 9.17) is 9.47 Å². The van der Waals surface area contributed by atoms with Gasteiger partial charge in [-0.1, -0.05) is 15.9 Å². The van der Waals surface area contributed by atoms with Gasteiger partial charge in [0.25, 0.3) is 0 Å². The van der Waals surface area contributed by atoms with E-state index in [9.17, 15) is 4.79 Å². The number of hydrazone groups is 1. The van der Waals surface area contributed by atoms with Crippen molar-refractivity contribution < 1.29 is 14.3 Å². The maximum absolute atomic E-state index is 12.4. The van der Waals surface area contributed by atoms with E-state index in [1.165, 1.54) is 0 Å². The van der Waals surface area contributed by atoms with Gasteiger partial charge in [0.2, 0.25) is 0 Å². The van der Waals surface area contributed by atoms with Gasteiger partial charge < -0.3 is 20.1 Å². The van der Waals surface area contributed by atoms with Gasteiger partial charge in [-0.15, -0.1) is 0 Å². The highest BCUT2D eigenvalue weighted by atomic mass is 79.9. The van der Waals surface area contributed by atoms with Gasteiger partial charge in [-0.25, -0.2) is 4.79 Å². The van der Waals surface area contributed by atoms with Crippen molar-refractivity contribution in [2.45, 2.75) is 12.8 Å². The topological polar surface area (TPSA) is 75.2 Å². The number of methoxy groups -OCH3 is 2. The fourth-order valence-corrected chi connectivity index (χ4v) is 3.68. The van der Waals surface area contributed by atoms with Gasteiger partial charge in [-0.05, 0) is 55.3 Å². The molecule has 0 saturated heterocycles. The lowest BCUT2D eigenvalue weighted by atomic mass is 10.1. The molecular weight excluding hydrogens is 436 g/mol. The van der Waals surface area contributed by atoms with Crippen LogP contribution in [0.5, 0.6) is 11.5 Å². The van der Waals surface area contributed by atoms with Crippen molar-refractivity contribution in [2.75, 3.05) is 31.9 Å². The normalized spacial score (nSPS) is 13.7. The Kier molecular flexibility index (Phi) is 6.77. The third-order valence-electron chi connectivity index (χ3n) is 4.39. The molecule has 8 heteroatoms. The molecule has 2 aromatic carbocycles. The number of hydrogen-bond donors (Lipinski definition) is 2. The average Bonchev–Trinajstić information content (AvgIpc) is 2.88. The third-order valence-corrected chi connectivity index (χ3v) is 5.16. The van der Waals surface area contributed by atoms with Crippen LogP contribution in [0.2, 0.25) is 0 Å². The number of rotatable bonds is 5. The Morgan fingerprint density at radius 1 is 1.07 bits per heavy atom. The molecule has 1 aliphatic rings. The van der Waals surface area contributed by atoms with E-state index < -0.39 is 0 Å². The van der Waals surface area contributed by atoms with Gasteiger partial charge in [0, 0.05) is 34.7 Å². The van der Waals surface area contributed by atoms with Crippen molar-refractivity contribution in [3.63, 3.8) is 0 Å². The first-order valence-corrected chi connectivity index (χ1v) is 9.86. The van der Waals surface area contributed by atoms with E-state index in [-0.39, 0.29) is 6.03 Å². The van der Waals surface area contributed by atoms with Crippen molar-refractivity contribution in [3.8, 4) is 11.5 Å². The van der Waals surface area contributed by atoms with Gasteiger partial charge in [0.15, 0.2) is 0 Å². The molecule has 0 radical (unpaired) electrons. The van der Waals surface area contributed by atoms with Gasteiger partial charge in [0.05, 0.1) is 19.9 Å². The second-order valence-corrected chi connectivity index (χ2v) is 7.29. The lowest BCUT2D eigenvalue weighted by molar-refractivity contribution is 0.262. The summed E-state index contributed by atoms with van der Waals surface area (Å²) in [6.07, 6.45) is 3.56. The molecule has 152 valence electrons. The minimum Gasteiger partial charge on any atom is -0.497 e. The number of ether oxygens (including phenoxy) is 2. The number of halogens is 1. The fraction of sp³-hybridized carbons (Fsp3) is 0.238. The molecule has 2 aromatic rings. The summed E-state index contributed by atoms with van der Waals surface area (Å²) >= 11 is 3.67. The molecule has 0 spiro atoms. The van der Waals surface area contributed by atoms with Crippen molar-refractivity contribution in [1.82, 2.24) is 5.01 Å². The Balaban J connectivity index is 1.82. The van der Waals surface area contributed by atoms with E-state index in [0.29, 0.717) is 17.1 Å². The molecule has 1 aliphatic heterocycles. The van der Waals surface area contributed by atoms with Crippen LogP contribution in [-0.2, 0) is 0 Å². The van der Waals surface area contributed by atoms with Gasteiger partial charge in [0.1, 0.15) is 11.5 Å². The average molecular weight is 459 g/mol. The summed E-state index contributed by atoms with van der Waals surface area (Å²) in [4.78, 5) is 12.4. The number of allylic oxidation sites excluding steroid dienone is 1. The number of anilines is 2. The number of hydrogen-bond acceptors (Lipinski definition) is 5. The van der Waals surface area contributed by atoms with Gasteiger partial charge in [-0.3, -0.25) is 5.01 Å². The monoisotopic (exact) mass is 458 g/mol. The largest absolute Gasteiger partial charge is 0.497 e. The second-order valence-electron chi connectivity index (χ2n) is 6.34. The van der Waals surface area contributed by atoms with E-state index in [0.717, 1.165) is 34.3 Å². The molecule has 29 heavy (non-hydrogen) atoms. The summed E-state index contributed by atoms with van der Waals surface area (Å²) in [7, 11) is 5.10. The van der Waals surface area contributed by atoms with Crippen molar-refractivity contribution in [1.29, 1.82) is 0 Å². The fourth-order valence-electron chi connectivity index (χ4n) is 2.98. The van der Waals surface area contributed by atoms with Crippen LogP contribution >= 0.6 is 15.9 Å². The van der Waals surface area contributed by atoms with Crippen LogP contribution in [0, 0.1) is 0 Å². The van der Waals surface area contributed by atoms with Gasteiger partial charge >= 0.3 is 6.03 Å². The number of nitrogens with zero attached hydrogens (tertiary/aromatic N) is 2. The summed E-state index contributed by atoms with van der Waals surface area (Å²) < 4.78 is 11.7. The molecular formula is C21H23BrN4O3. The maximum atomic E-state index is 12.4. The zero-order chi connectivity index (χ0) is 20.8. The molecule has 0 fully saturated rings. The van der Waals surface area contributed by atoms with Crippen LogP contribution in [0.3, 0.4) is 0 Å². The highest BCUT2D eigenvalue weighted by Crippen LogP contribution is 2.37. The Bertz CT molecular complexity index is 941. The van der Waals surface area contributed by atoms with E-state index in [2.05, 4.69) is 31.7 Å². The molecule has 0 saturated carbocycles. The highest BCUT2D eigenvalue weighted by molar-refractivity contribution is 9.11. The standard InChI is InChI=1S/C21H23BrN4O3/c1-26-20(18(22)5-4-12-23-26)17-13-15(8-11-19(17)29-3)25-21(27)24-14-6-9-16(28-2)10-7-14/h6-13H,4-5H2,1-3H3,(H2,24,25,27). The van der Waals surface area contributed by atoms with Crippen LogP contribution in [-0.4, -0.2) is 38.5 Å². The van der Waals surface area contributed by atoms with Crippen LogP contribution in [0.25, 0.3) is 5.70 Å². The lowest BCUT2D eigenvalue weighted by Crippen LogP contribution is -2.19. The molecule has 2 amide bonds. The zero-order valence-corrected chi connectivity index (χ0v) is 18.1. The lowest BCUT2D eigenvalue weighted by Gasteiger charge is -2.21. The zero-order valence-electron chi connectivity index (χ0n) is 16.5. The molecule has 0 bridgehead atoms. The predicted octanol–water partition coefficient (Wildman–Crippen LogP) is 5.12. The first kappa shape index (κ1) is 20.7. The Morgan fingerprint density at radius 2 is 1.76 bits per heavy atom. The van der Waals surface area contributed by atoms with Crippen LogP contribution in [0.4, 0.5) is 16.2 Å². The summed E-state index contributed by atoms with van der Waals surface area (Å²) in [5, 5.41) is 11.9. The smallest absolute Gasteiger partial charge is 0.323 e. The maximum Gasteiger partial charge on any atom is 0.323 e. The van der Waals surface area contributed by atoms with Crippen molar-refractivity contribution >= 4 is 45.2 Å². The van der Waals surface area contributed by atoms with Crippen molar-refractivity contribution in [3.05, 3.63) is 52.5 Å².